The molecule has 0 spiro atoms. The summed E-state index contributed by atoms with van der Waals surface area (Å²) in [7, 11) is 1.33. The molecule has 0 bridgehead atoms. The van der Waals surface area contributed by atoms with Crippen LogP contribution < -0.4 is 21.3 Å². The normalized spacial score (nSPS) is 10.6. The van der Waals surface area contributed by atoms with E-state index >= 15 is 0 Å². The van der Waals surface area contributed by atoms with Crippen LogP contribution >= 0.6 is 0 Å². The van der Waals surface area contributed by atoms with Gasteiger partial charge >= 0.3 is 11.7 Å². The van der Waals surface area contributed by atoms with Gasteiger partial charge in [-0.2, -0.15) is 0 Å². The smallest absolute Gasteiger partial charge is 0.337 e. The summed E-state index contributed by atoms with van der Waals surface area (Å²) >= 11 is 0. The molecule has 0 atom stereocenters. The third-order valence-electron chi connectivity index (χ3n) is 5.67. The second-order valence-electron chi connectivity index (χ2n) is 8.24. The highest BCUT2D eigenvalue weighted by Crippen LogP contribution is 2.25. The Morgan fingerprint density at radius 2 is 1.61 bits per heavy atom. The summed E-state index contributed by atoms with van der Waals surface area (Å²) in [4.78, 5) is 37.4. The zero-order valence-electron chi connectivity index (χ0n) is 20.4. The topological polar surface area (TPSA) is 91.6 Å². The fourth-order valence-corrected chi connectivity index (χ4v) is 3.73. The third kappa shape index (κ3) is 5.55. The second kappa shape index (κ2) is 10.8. The Kier molecular flexibility index (Phi) is 7.34. The molecule has 4 aromatic rings. The second-order valence-corrected chi connectivity index (χ2v) is 8.24. The Morgan fingerprint density at radius 1 is 0.889 bits per heavy atom. The van der Waals surface area contributed by atoms with E-state index in [9.17, 15) is 14.4 Å². The van der Waals surface area contributed by atoms with Gasteiger partial charge in [-0.25, -0.2) is 9.59 Å². The highest BCUT2D eigenvalue weighted by molar-refractivity contribution is 5.89. The minimum absolute atomic E-state index is 0.287. The summed E-state index contributed by atoms with van der Waals surface area (Å²) in [5.41, 5.74) is 2.40. The molecule has 3 aromatic carbocycles. The third-order valence-corrected chi connectivity index (χ3v) is 5.67. The predicted molar refractivity (Wildman–Crippen MR) is 138 cm³/mol. The SMILES string of the molecule is CCn1c(=O)cc(Nc2ccc(Oc3cccc(C(=O)OC)c3)cc2)n(Cc2ccc(C)cc2)c1=O. The van der Waals surface area contributed by atoms with Crippen LogP contribution in [0.25, 0.3) is 0 Å². The van der Waals surface area contributed by atoms with E-state index in [4.69, 9.17) is 9.47 Å². The Balaban J connectivity index is 1.58. The van der Waals surface area contributed by atoms with Gasteiger partial charge in [0, 0.05) is 18.3 Å². The lowest BCUT2D eigenvalue weighted by Crippen LogP contribution is -2.40. The summed E-state index contributed by atoms with van der Waals surface area (Å²) in [5.74, 6) is 1.01. The van der Waals surface area contributed by atoms with Gasteiger partial charge < -0.3 is 14.8 Å². The average Bonchev–Trinajstić information content (AvgIpc) is 2.88. The summed E-state index contributed by atoms with van der Waals surface area (Å²) < 4.78 is 13.4. The van der Waals surface area contributed by atoms with Crippen LogP contribution in [0.3, 0.4) is 0 Å². The van der Waals surface area contributed by atoms with Crippen LogP contribution in [0.15, 0.2) is 88.5 Å². The molecule has 0 unspecified atom stereocenters. The van der Waals surface area contributed by atoms with Gasteiger partial charge in [-0.3, -0.25) is 13.9 Å². The molecule has 1 N–H and O–H groups in total. The molecule has 1 heterocycles. The van der Waals surface area contributed by atoms with Crippen LogP contribution in [0.2, 0.25) is 0 Å². The number of aryl methyl sites for hydroxylation is 1. The summed E-state index contributed by atoms with van der Waals surface area (Å²) in [6.07, 6.45) is 0. The number of hydrogen-bond donors (Lipinski definition) is 1. The Bertz CT molecular complexity index is 1490. The van der Waals surface area contributed by atoms with Gasteiger partial charge in [0.15, 0.2) is 0 Å². The predicted octanol–water partition coefficient (Wildman–Crippen LogP) is 4.71. The maximum absolute atomic E-state index is 13.1. The molecule has 0 aliphatic carbocycles. The van der Waals surface area contributed by atoms with Crippen molar-refractivity contribution in [2.75, 3.05) is 12.4 Å². The van der Waals surface area contributed by atoms with Crippen molar-refractivity contribution in [2.24, 2.45) is 0 Å². The van der Waals surface area contributed by atoms with Gasteiger partial charge in [-0.05, 0) is 61.9 Å². The average molecular weight is 486 g/mol. The van der Waals surface area contributed by atoms with Crippen molar-refractivity contribution in [1.29, 1.82) is 0 Å². The van der Waals surface area contributed by atoms with E-state index in [1.165, 1.54) is 17.7 Å². The quantitative estimate of drug-likeness (QED) is 0.364. The maximum Gasteiger partial charge on any atom is 0.337 e. The van der Waals surface area contributed by atoms with Gasteiger partial charge in [0.25, 0.3) is 5.56 Å². The fraction of sp³-hybridized carbons (Fsp3) is 0.179. The Hall–Kier alpha value is -4.59. The van der Waals surface area contributed by atoms with Gasteiger partial charge in [0.05, 0.1) is 19.2 Å². The van der Waals surface area contributed by atoms with Gasteiger partial charge in [0.2, 0.25) is 0 Å². The van der Waals surface area contributed by atoms with Crippen molar-refractivity contribution in [1.82, 2.24) is 9.13 Å². The highest BCUT2D eigenvalue weighted by Gasteiger charge is 2.12. The zero-order valence-corrected chi connectivity index (χ0v) is 20.4. The minimum Gasteiger partial charge on any atom is -0.465 e. The van der Waals surface area contributed by atoms with E-state index in [-0.39, 0.29) is 17.8 Å². The van der Waals surface area contributed by atoms with Gasteiger partial charge in [-0.15, -0.1) is 0 Å². The van der Waals surface area contributed by atoms with Crippen LogP contribution in [0.5, 0.6) is 11.5 Å². The first kappa shape index (κ1) is 24.5. The summed E-state index contributed by atoms with van der Waals surface area (Å²) in [6, 6.07) is 23.1. The lowest BCUT2D eigenvalue weighted by molar-refractivity contribution is 0.0600. The highest BCUT2D eigenvalue weighted by atomic mass is 16.5. The number of ether oxygens (including phenoxy) is 2. The first-order valence-corrected chi connectivity index (χ1v) is 11.5. The molecular formula is C28H27N3O5. The molecule has 0 fully saturated rings. The molecule has 8 heteroatoms. The molecule has 36 heavy (non-hydrogen) atoms. The van der Waals surface area contributed by atoms with Crippen LogP contribution in [-0.2, 0) is 17.8 Å². The largest absolute Gasteiger partial charge is 0.465 e. The van der Waals surface area contributed by atoms with Crippen molar-refractivity contribution in [3.63, 3.8) is 0 Å². The maximum atomic E-state index is 13.1. The van der Waals surface area contributed by atoms with E-state index in [0.29, 0.717) is 35.1 Å². The molecular weight excluding hydrogens is 458 g/mol. The first-order valence-electron chi connectivity index (χ1n) is 11.5. The molecule has 0 aliphatic heterocycles. The van der Waals surface area contributed by atoms with Crippen LogP contribution in [0.1, 0.15) is 28.4 Å². The van der Waals surface area contributed by atoms with Crippen LogP contribution in [-0.4, -0.2) is 22.2 Å². The summed E-state index contributed by atoms with van der Waals surface area (Å²) in [5, 5.41) is 3.19. The van der Waals surface area contributed by atoms with Crippen LogP contribution in [0, 0.1) is 6.92 Å². The number of nitrogens with one attached hydrogen (secondary N) is 1. The van der Waals surface area contributed by atoms with Crippen molar-refractivity contribution in [2.45, 2.75) is 26.9 Å². The van der Waals surface area contributed by atoms with Crippen molar-refractivity contribution in [3.8, 4) is 11.5 Å². The molecule has 0 saturated heterocycles. The molecule has 4 rings (SSSR count). The van der Waals surface area contributed by atoms with Gasteiger partial charge in [0.1, 0.15) is 17.3 Å². The number of aromatic nitrogens is 2. The zero-order chi connectivity index (χ0) is 25.7. The number of esters is 1. The molecule has 1 aromatic heterocycles. The van der Waals surface area contributed by atoms with E-state index in [2.05, 4.69) is 5.32 Å². The van der Waals surface area contributed by atoms with E-state index < -0.39 is 5.97 Å². The van der Waals surface area contributed by atoms with Crippen molar-refractivity contribution >= 4 is 17.5 Å². The van der Waals surface area contributed by atoms with Crippen molar-refractivity contribution < 1.29 is 14.3 Å². The number of rotatable bonds is 8. The van der Waals surface area contributed by atoms with Crippen molar-refractivity contribution in [3.05, 3.63) is 116 Å². The number of benzene rings is 3. The van der Waals surface area contributed by atoms with E-state index in [1.54, 1.807) is 60.0 Å². The van der Waals surface area contributed by atoms with Gasteiger partial charge in [-0.1, -0.05) is 35.9 Å². The van der Waals surface area contributed by atoms with E-state index in [0.717, 1.165) is 11.1 Å². The molecule has 8 nitrogen and oxygen atoms in total. The minimum atomic E-state index is -0.443. The monoisotopic (exact) mass is 485 g/mol. The first-order chi connectivity index (χ1) is 17.4. The number of carbonyl (C=O) groups is 1. The number of nitrogens with zero attached hydrogens (tertiary/aromatic N) is 2. The number of hydrogen-bond acceptors (Lipinski definition) is 6. The number of carbonyl (C=O) groups excluding carboxylic acids is 1. The molecule has 0 radical (unpaired) electrons. The Labute approximate surface area is 208 Å². The Morgan fingerprint density at radius 3 is 2.28 bits per heavy atom. The number of methoxy groups -OCH3 is 1. The fourth-order valence-electron chi connectivity index (χ4n) is 3.73. The number of anilines is 2. The van der Waals surface area contributed by atoms with E-state index in [1.807, 2.05) is 31.2 Å². The standard InChI is InChI=1S/C28H27N3O5/c1-4-30-26(32)17-25(31(28(30)34)18-20-10-8-19(2)9-11-20)29-22-12-14-23(15-13-22)36-24-7-5-6-21(16-24)27(33)35-3/h5-17,29H,4,18H2,1-3H3. The molecule has 0 aliphatic rings. The molecule has 0 amide bonds. The lowest BCUT2D eigenvalue weighted by Gasteiger charge is -2.17. The summed E-state index contributed by atoms with van der Waals surface area (Å²) in [6.45, 7) is 4.38. The molecule has 0 saturated carbocycles. The molecule has 184 valence electrons. The lowest BCUT2D eigenvalue weighted by atomic mass is 10.1. The van der Waals surface area contributed by atoms with Crippen LogP contribution in [0.4, 0.5) is 11.5 Å².